The molecule has 60 valence electrons. The van der Waals surface area contributed by atoms with Crippen LogP contribution in [-0.4, -0.2) is 21.4 Å². The van der Waals surface area contributed by atoms with E-state index < -0.39 is 0 Å². The number of carbonyl (C=O) groups is 1. The van der Waals surface area contributed by atoms with E-state index in [1.807, 2.05) is 0 Å². The zero-order valence-corrected chi connectivity index (χ0v) is 7.39. The molecule has 1 aromatic heterocycles. The van der Waals surface area contributed by atoms with Gasteiger partial charge in [-0.25, -0.2) is 0 Å². The molecule has 1 rings (SSSR count). The van der Waals surface area contributed by atoms with Crippen molar-refractivity contribution in [3.63, 3.8) is 0 Å². The van der Waals surface area contributed by atoms with Crippen molar-refractivity contribution in [1.82, 2.24) is 10.2 Å². The molecule has 0 bridgehead atoms. The molecule has 0 spiro atoms. The molecule has 1 amide bonds. The molecular weight excluding hydrogens is 210 g/mol. The summed E-state index contributed by atoms with van der Waals surface area (Å²) < 4.78 is 0. The number of hydrogen-bond acceptors (Lipinski definition) is 2. The number of aromatic nitrogens is 2. The maximum Gasteiger partial charge on any atom is 0.225 e. The van der Waals surface area contributed by atoms with Gasteiger partial charge in [-0.1, -0.05) is 15.9 Å². The quantitative estimate of drug-likeness (QED) is 0.747. The second-order valence-corrected chi connectivity index (χ2v) is 2.77. The van der Waals surface area contributed by atoms with Gasteiger partial charge in [0.2, 0.25) is 5.91 Å². The van der Waals surface area contributed by atoms with E-state index in [1.54, 1.807) is 12.4 Å². The molecular formula is C6H8BrN3O. The highest BCUT2D eigenvalue weighted by molar-refractivity contribution is 9.09. The van der Waals surface area contributed by atoms with Crippen LogP contribution in [0.4, 0.5) is 5.69 Å². The van der Waals surface area contributed by atoms with Crippen LogP contribution < -0.4 is 5.32 Å². The van der Waals surface area contributed by atoms with Gasteiger partial charge in [0.1, 0.15) is 0 Å². The summed E-state index contributed by atoms with van der Waals surface area (Å²) in [7, 11) is 0. The second kappa shape index (κ2) is 4.12. The van der Waals surface area contributed by atoms with Crippen molar-refractivity contribution in [2.45, 2.75) is 6.42 Å². The summed E-state index contributed by atoms with van der Waals surface area (Å²) in [5.74, 6) is -0.0109. The first-order valence-electron chi connectivity index (χ1n) is 3.17. The molecule has 0 aliphatic heterocycles. The average molecular weight is 218 g/mol. The van der Waals surface area contributed by atoms with E-state index in [4.69, 9.17) is 0 Å². The number of nitrogens with zero attached hydrogens (tertiary/aromatic N) is 1. The molecule has 0 aliphatic rings. The molecule has 0 atom stereocenters. The highest BCUT2D eigenvalue weighted by Gasteiger charge is 2.00. The fourth-order valence-electron chi connectivity index (χ4n) is 0.629. The summed E-state index contributed by atoms with van der Waals surface area (Å²) in [5, 5.41) is 9.62. The predicted octanol–water partition coefficient (Wildman–Crippen LogP) is 1.13. The van der Waals surface area contributed by atoms with Gasteiger partial charge < -0.3 is 5.32 Å². The fourth-order valence-corrected chi connectivity index (χ4v) is 0.989. The van der Waals surface area contributed by atoms with E-state index in [0.29, 0.717) is 17.4 Å². The first kappa shape index (κ1) is 8.26. The molecule has 5 heteroatoms. The Morgan fingerprint density at radius 3 is 3.18 bits per heavy atom. The number of alkyl halides is 1. The number of halogens is 1. The maximum absolute atomic E-state index is 10.9. The van der Waals surface area contributed by atoms with Gasteiger partial charge in [-0.05, 0) is 0 Å². The van der Waals surface area contributed by atoms with Crippen molar-refractivity contribution >= 4 is 27.5 Å². The monoisotopic (exact) mass is 217 g/mol. The zero-order chi connectivity index (χ0) is 8.10. The molecule has 0 aliphatic carbocycles. The number of amides is 1. The Morgan fingerprint density at radius 2 is 2.64 bits per heavy atom. The highest BCUT2D eigenvalue weighted by atomic mass is 79.9. The van der Waals surface area contributed by atoms with Crippen LogP contribution in [0.2, 0.25) is 0 Å². The number of anilines is 1. The van der Waals surface area contributed by atoms with Crippen LogP contribution in [0.5, 0.6) is 0 Å². The van der Waals surface area contributed by atoms with Gasteiger partial charge in [0, 0.05) is 17.9 Å². The maximum atomic E-state index is 10.9. The molecule has 0 saturated heterocycles. The van der Waals surface area contributed by atoms with Crippen molar-refractivity contribution in [3.8, 4) is 0 Å². The number of carbonyl (C=O) groups excluding carboxylic acids is 1. The summed E-state index contributed by atoms with van der Waals surface area (Å²) in [6.45, 7) is 0. The summed E-state index contributed by atoms with van der Waals surface area (Å²) in [6, 6.07) is 0. The van der Waals surface area contributed by atoms with Crippen LogP contribution in [0.15, 0.2) is 12.4 Å². The van der Waals surface area contributed by atoms with E-state index in [-0.39, 0.29) is 5.91 Å². The van der Waals surface area contributed by atoms with Crippen LogP contribution in [-0.2, 0) is 4.79 Å². The Bertz CT molecular complexity index is 222. The van der Waals surface area contributed by atoms with Gasteiger partial charge in [-0.15, -0.1) is 0 Å². The number of hydrogen-bond donors (Lipinski definition) is 2. The van der Waals surface area contributed by atoms with E-state index in [0.717, 1.165) is 0 Å². The third-order valence-corrected chi connectivity index (χ3v) is 1.50. The summed E-state index contributed by atoms with van der Waals surface area (Å²) in [5.41, 5.74) is 0.705. The number of aromatic amines is 1. The van der Waals surface area contributed by atoms with Crippen molar-refractivity contribution in [2.75, 3.05) is 10.6 Å². The first-order chi connectivity index (χ1) is 5.33. The van der Waals surface area contributed by atoms with Crippen molar-refractivity contribution < 1.29 is 4.79 Å². The number of nitrogens with one attached hydrogen (secondary N) is 2. The van der Waals surface area contributed by atoms with E-state index in [1.165, 1.54) is 0 Å². The van der Waals surface area contributed by atoms with Crippen LogP contribution in [0.1, 0.15) is 6.42 Å². The molecule has 0 aromatic carbocycles. The Kier molecular flexibility index (Phi) is 3.10. The highest BCUT2D eigenvalue weighted by Crippen LogP contribution is 2.01. The minimum atomic E-state index is -0.0109. The Balaban J connectivity index is 2.37. The van der Waals surface area contributed by atoms with Gasteiger partial charge in [-0.2, -0.15) is 5.10 Å². The molecule has 2 N–H and O–H groups in total. The molecule has 0 unspecified atom stereocenters. The summed E-state index contributed by atoms with van der Waals surface area (Å²) >= 11 is 3.17. The van der Waals surface area contributed by atoms with Crippen LogP contribution in [0.3, 0.4) is 0 Å². The van der Waals surface area contributed by atoms with Crippen molar-refractivity contribution in [3.05, 3.63) is 12.4 Å². The van der Waals surface area contributed by atoms with Crippen LogP contribution in [0, 0.1) is 0 Å². The smallest absolute Gasteiger partial charge is 0.225 e. The Morgan fingerprint density at radius 1 is 1.82 bits per heavy atom. The van der Waals surface area contributed by atoms with E-state index in [2.05, 4.69) is 31.4 Å². The van der Waals surface area contributed by atoms with Gasteiger partial charge in [0.05, 0.1) is 11.9 Å². The average Bonchev–Trinajstić information content (AvgIpc) is 2.40. The molecule has 1 heterocycles. The van der Waals surface area contributed by atoms with Crippen molar-refractivity contribution in [2.24, 2.45) is 0 Å². The van der Waals surface area contributed by atoms with Crippen LogP contribution in [0.25, 0.3) is 0 Å². The van der Waals surface area contributed by atoms with Gasteiger partial charge in [0.15, 0.2) is 0 Å². The topological polar surface area (TPSA) is 57.8 Å². The molecule has 0 fully saturated rings. The van der Waals surface area contributed by atoms with Crippen molar-refractivity contribution in [1.29, 1.82) is 0 Å². The zero-order valence-electron chi connectivity index (χ0n) is 5.80. The molecule has 4 nitrogen and oxygen atoms in total. The van der Waals surface area contributed by atoms with E-state index >= 15 is 0 Å². The van der Waals surface area contributed by atoms with Crippen LogP contribution >= 0.6 is 15.9 Å². The number of rotatable bonds is 3. The number of H-pyrrole nitrogens is 1. The lowest BCUT2D eigenvalue weighted by Gasteiger charge is -1.97. The fraction of sp³-hybridized carbons (Fsp3) is 0.333. The predicted molar refractivity (Wildman–Crippen MR) is 45.6 cm³/mol. The normalized spacial score (nSPS) is 9.55. The van der Waals surface area contributed by atoms with Gasteiger partial charge >= 0.3 is 0 Å². The standard InChI is InChI=1S/C6H8BrN3O/c7-2-1-6(11)10-5-3-8-9-4-5/h3-4H,1-2H2,(H,8,9)(H,10,11). The summed E-state index contributed by atoms with van der Waals surface area (Å²) in [4.78, 5) is 10.9. The third kappa shape index (κ3) is 2.71. The van der Waals surface area contributed by atoms with Gasteiger partial charge in [-0.3, -0.25) is 9.89 Å². The minimum absolute atomic E-state index is 0.0109. The lowest BCUT2D eigenvalue weighted by atomic mass is 10.4. The first-order valence-corrected chi connectivity index (χ1v) is 4.29. The second-order valence-electron chi connectivity index (χ2n) is 1.97. The lowest BCUT2D eigenvalue weighted by Crippen LogP contribution is -2.10. The Labute approximate surface area is 72.5 Å². The molecule has 11 heavy (non-hydrogen) atoms. The molecule has 1 aromatic rings. The van der Waals surface area contributed by atoms with Gasteiger partial charge in [0.25, 0.3) is 0 Å². The SMILES string of the molecule is O=C(CCBr)Nc1cn[nH]c1. The summed E-state index contributed by atoms with van der Waals surface area (Å²) in [6.07, 6.45) is 3.67. The Hall–Kier alpha value is -0.840. The largest absolute Gasteiger partial charge is 0.323 e. The molecule has 0 radical (unpaired) electrons. The lowest BCUT2D eigenvalue weighted by molar-refractivity contribution is -0.115. The third-order valence-electron chi connectivity index (χ3n) is 1.10. The minimum Gasteiger partial charge on any atom is -0.323 e. The van der Waals surface area contributed by atoms with E-state index in [9.17, 15) is 4.79 Å². The molecule has 0 saturated carbocycles.